The summed E-state index contributed by atoms with van der Waals surface area (Å²) < 4.78 is 1.75. The van der Waals surface area contributed by atoms with Gasteiger partial charge in [-0.2, -0.15) is 0 Å². The van der Waals surface area contributed by atoms with Gasteiger partial charge in [-0.1, -0.05) is 18.2 Å². The molecule has 1 aromatic carbocycles. The van der Waals surface area contributed by atoms with E-state index in [0.717, 1.165) is 38.9 Å². The van der Waals surface area contributed by atoms with E-state index < -0.39 is 11.6 Å². The van der Waals surface area contributed by atoms with Gasteiger partial charge in [-0.25, -0.2) is 0 Å². The maximum atomic E-state index is 12.3. The van der Waals surface area contributed by atoms with E-state index in [1.807, 2.05) is 38.2 Å². The first-order valence-corrected chi connectivity index (χ1v) is 7.53. The van der Waals surface area contributed by atoms with Gasteiger partial charge in [0.1, 0.15) is 5.69 Å². The lowest BCUT2D eigenvalue weighted by atomic mass is 9.89. The van der Waals surface area contributed by atoms with Crippen molar-refractivity contribution in [1.82, 2.24) is 9.55 Å². The average Bonchev–Trinajstić information content (AvgIpc) is 3.01. The Balaban J connectivity index is 2.05. The van der Waals surface area contributed by atoms with Gasteiger partial charge in [0, 0.05) is 35.3 Å². The van der Waals surface area contributed by atoms with E-state index in [1.165, 1.54) is 6.08 Å². The Kier molecular flexibility index (Phi) is 2.73. The smallest absolute Gasteiger partial charge is 0.249 e. The van der Waals surface area contributed by atoms with Gasteiger partial charge in [0.25, 0.3) is 0 Å². The summed E-state index contributed by atoms with van der Waals surface area (Å²) in [5.41, 5.74) is 6.14. The standard InChI is InChI=1S/C19H16N2O2/c1-10-9-21(3)18-16(10)13(8-15(22)19(18)23)17-11(2)12-6-4-5-7-14(12)20-17/h4-9,20H,1-3H3. The number of fused-ring (bicyclic) bond motifs is 2. The summed E-state index contributed by atoms with van der Waals surface area (Å²) in [5.74, 6) is -0.903. The summed E-state index contributed by atoms with van der Waals surface area (Å²) >= 11 is 0. The summed E-state index contributed by atoms with van der Waals surface area (Å²) in [4.78, 5) is 27.8. The zero-order valence-corrected chi connectivity index (χ0v) is 13.2. The number of aryl methyl sites for hydroxylation is 3. The van der Waals surface area contributed by atoms with Gasteiger partial charge in [0.2, 0.25) is 11.6 Å². The van der Waals surface area contributed by atoms with Gasteiger partial charge >= 0.3 is 0 Å². The Hall–Kier alpha value is -2.88. The molecule has 3 aromatic rings. The summed E-state index contributed by atoms with van der Waals surface area (Å²) in [6.07, 6.45) is 3.36. The molecule has 23 heavy (non-hydrogen) atoms. The molecular formula is C19H16N2O2. The van der Waals surface area contributed by atoms with Crippen LogP contribution >= 0.6 is 0 Å². The zero-order valence-electron chi connectivity index (χ0n) is 13.2. The summed E-state index contributed by atoms with van der Waals surface area (Å²) in [7, 11) is 1.80. The maximum Gasteiger partial charge on any atom is 0.249 e. The molecule has 2 heterocycles. The second-order valence-corrected chi connectivity index (χ2v) is 6.07. The van der Waals surface area contributed by atoms with Crippen LogP contribution in [-0.2, 0) is 11.8 Å². The molecule has 1 aliphatic rings. The second kappa shape index (κ2) is 4.56. The number of rotatable bonds is 1. The minimum atomic E-state index is -0.466. The Morgan fingerprint density at radius 3 is 2.57 bits per heavy atom. The number of hydrogen-bond acceptors (Lipinski definition) is 2. The summed E-state index contributed by atoms with van der Waals surface area (Å²) in [5, 5.41) is 1.13. The third-order valence-corrected chi connectivity index (χ3v) is 4.59. The quantitative estimate of drug-likeness (QED) is 0.701. The van der Waals surface area contributed by atoms with E-state index in [2.05, 4.69) is 11.1 Å². The predicted octanol–water partition coefficient (Wildman–Crippen LogP) is 3.32. The predicted molar refractivity (Wildman–Crippen MR) is 89.6 cm³/mol. The van der Waals surface area contributed by atoms with E-state index in [-0.39, 0.29) is 0 Å². The molecular weight excluding hydrogens is 288 g/mol. The van der Waals surface area contributed by atoms with Crippen LogP contribution < -0.4 is 0 Å². The van der Waals surface area contributed by atoms with Gasteiger partial charge < -0.3 is 9.55 Å². The molecule has 0 spiro atoms. The Morgan fingerprint density at radius 2 is 1.83 bits per heavy atom. The molecule has 0 radical (unpaired) electrons. The average molecular weight is 304 g/mol. The highest BCUT2D eigenvalue weighted by Gasteiger charge is 2.32. The van der Waals surface area contributed by atoms with E-state index in [4.69, 9.17) is 0 Å². The van der Waals surface area contributed by atoms with Crippen LogP contribution in [0.2, 0.25) is 0 Å². The molecule has 1 aliphatic carbocycles. The molecule has 0 saturated heterocycles. The molecule has 4 heteroatoms. The lowest BCUT2D eigenvalue weighted by molar-refractivity contribution is -0.111. The van der Waals surface area contributed by atoms with Crippen molar-refractivity contribution < 1.29 is 9.59 Å². The molecule has 0 atom stereocenters. The highest BCUT2D eigenvalue weighted by atomic mass is 16.2. The highest BCUT2D eigenvalue weighted by Crippen LogP contribution is 2.36. The second-order valence-electron chi connectivity index (χ2n) is 6.07. The molecule has 0 bridgehead atoms. The topological polar surface area (TPSA) is 54.9 Å². The third-order valence-electron chi connectivity index (χ3n) is 4.59. The largest absolute Gasteiger partial charge is 0.354 e. The molecule has 0 amide bonds. The van der Waals surface area contributed by atoms with Crippen molar-refractivity contribution in [2.75, 3.05) is 0 Å². The molecule has 2 aromatic heterocycles. The first kappa shape index (κ1) is 13.8. The van der Waals surface area contributed by atoms with Crippen molar-refractivity contribution in [2.24, 2.45) is 7.05 Å². The normalized spacial score (nSPS) is 14.3. The molecule has 0 saturated carbocycles. The van der Waals surface area contributed by atoms with Crippen molar-refractivity contribution in [3.8, 4) is 0 Å². The van der Waals surface area contributed by atoms with Crippen molar-refractivity contribution in [3.63, 3.8) is 0 Å². The van der Waals surface area contributed by atoms with Crippen molar-refractivity contribution in [2.45, 2.75) is 13.8 Å². The molecule has 1 N–H and O–H groups in total. The number of hydrogen-bond donors (Lipinski definition) is 1. The number of benzene rings is 1. The van der Waals surface area contributed by atoms with Gasteiger partial charge in [0.15, 0.2) is 0 Å². The molecule has 114 valence electrons. The van der Waals surface area contributed by atoms with Crippen LogP contribution in [0.5, 0.6) is 0 Å². The number of nitrogens with one attached hydrogen (secondary N) is 1. The number of H-pyrrole nitrogens is 1. The molecule has 0 fully saturated rings. The number of carbonyl (C=O) groups is 2. The minimum Gasteiger partial charge on any atom is -0.354 e. The van der Waals surface area contributed by atoms with E-state index >= 15 is 0 Å². The van der Waals surface area contributed by atoms with Crippen LogP contribution in [0.4, 0.5) is 0 Å². The molecule has 0 aliphatic heterocycles. The first-order valence-electron chi connectivity index (χ1n) is 7.53. The Labute approximate surface area is 133 Å². The number of allylic oxidation sites excluding steroid dienone is 1. The van der Waals surface area contributed by atoms with Crippen LogP contribution in [0.25, 0.3) is 16.5 Å². The number of aromatic nitrogens is 2. The number of Topliss-reactive ketones (excluding diaryl/α,β-unsaturated/α-hetero) is 1. The maximum absolute atomic E-state index is 12.3. The van der Waals surface area contributed by atoms with Crippen LogP contribution in [-0.4, -0.2) is 21.1 Å². The molecule has 0 unspecified atom stereocenters. The minimum absolute atomic E-state index is 0.437. The fraction of sp³-hybridized carbons (Fsp3) is 0.158. The number of carbonyl (C=O) groups excluding carboxylic acids is 2. The number of para-hydroxylation sites is 1. The van der Waals surface area contributed by atoms with Gasteiger partial charge in [-0.3, -0.25) is 9.59 Å². The number of ketones is 2. The van der Waals surface area contributed by atoms with E-state index in [1.54, 1.807) is 11.6 Å². The van der Waals surface area contributed by atoms with Gasteiger partial charge in [-0.15, -0.1) is 0 Å². The lowest BCUT2D eigenvalue weighted by Gasteiger charge is -2.15. The molecule has 4 rings (SSSR count). The van der Waals surface area contributed by atoms with Gasteiger partial charge in [-0.05, 0) is 37.1 Å². The lowest BCUT2D eigenvalue weighted by Crippen LogP contribution is -2.21. The van der Waals surface area contributed by atoms with Crippen molar-refractivity contribution >= 4 is 28.0 Å². The Morgan fingerprint density at radius 1 is 1.09 bits per heavy atom. The summed E-state index contributed by atoms with van der Waals surface area (Å²) in [6, 6.07) is 8.04. The van der Waals surface area contributed by atoms with Crippen LogP contribution in [0, 0.1) is 13.8 Å². The third kappa shape index (κ3) is 1.78. The van der Waals surface area contributed by atoms with Crippen LogP contribution in [0.15, 0.2) is 36.5 Å². The fourth-order valence-corrected chi connectivity index (χ4v) is 3.53. The first-order chi connectivity index (χ1) is 11.0. The molecule has 4 nitrogen and oxygen atoms in total. The zero-order chi connectivity index (χ0) is 16.3. The van der Waals surface area contributed by atoms with Crippen LogP contribution in [0.1, 0.15) is 32.9 Å². The SMILES string of the molecule is Cc1cn(C)c2c1C(c1[nH]c3ccccc3c1C)=CC(=O)C2=O. The monoisotopic (exact) mass is 304 g/mol. The number of aromatic amines is 1. The van der Waals surface area contributed by atoms with Crippen LogP contribution in [0.3, 0.4) is 0 Å². The summed E-state index contributed by atoms with van der Waals surface area (Å²) in [6.45, 7) is 4.00. The van der Waals surface area contributed by atoms with Crippen molar-refractivity contribution in [1.29, 1.82) is 0 Å². The van der Waals surface area contributed by atoms with E-state index in [0.29, 0.717) is 5.69 Å². The Bertz CT molecular complexity index is 1030. The number of nitrogens with zero attached hydrogens (tertiary/aromatic N) is 1. The van der Waals surface area contributed by atoms with Gasteiger partial charge in [0.05, 0.1) is 5.69 Å². The van der Waals surface area contributed by atoms with E-state index in [9.17, 15) is 9.59 Å². The fourth-order valence-electron chi connectivity index (χ4n) is 3.53. The highest BCUT2D eigenvalue weighted by molar-refractivity contribution is 6.50. The van der Waals surface area contributed by atoms with Crippen molar-refractivity contribution in [3.05, 3.63) is 64.6 Å².